The highest BCUT2D eigenvalue weighted by atomic mass is 79.9. The van der Waals surface area contributed by atoms with Crippen LogP contribution in [0.25, 0.3) is 0 Å². The molecule has 0 aliphatic carbocycles. The maximum Gasteiger partial charge on any atom is 0.0642 e. The van der Waals surface area contributed by atoms with E-state index < -0.39 is 0 Å². The first-order valence-electron chi connectivity index (χ1n) is 5.61. The van der Waals surface area contributed by atoms with Crippen LogP contribution in [-0.4, -0.2) is 18.8 Å². The topological polar surface area (TPSA) is 21.3 Å². The number of rotatable bonds is 5. The van der Waals surface area contributed by atoms with Gasteiger partial charge < -0.3 is 10.1 Å². The van der Waals surface area contributed by atoms with Crippen LogP contribution in [0.2, 0.25) is 5.02 Å². The second-order valence-electron chi connectivity index (χ2n) is 4.84. The van der Waals surface area contributed by atoms with Crippen LogP contribution in [0.5, 0.6) is 0 Å². The van der Waals surface area contributed by atoms with E-state index >= 15 is 0 Å². The molecule has 0 radical (unpaired) electrons. The molecule has 0 aliphatic rings. The van der Waals surface area contributed by atoms with Crippen LogP contribution in [0, 0.1) is 0 Å². The molecule has 1 rings (SSSR count). The summed E-state index contributed by atoms with van der Waals surface area (Å²) < 4.78 is 6.33. The minimum atomic E-state index is -0.119. The summed E-state index contributed by atoms with van der Waals surface area (Å²) in [5, 5.41) is 4.13. The Hall–Kier alpha value is -0.250. The van der Waals surface area contributed by atoms with Crippen molar-refractivity contribution in [2.45, 2.75) is 38.8 Å². The van der Waals surface area contributed by atoms with Crippen LogP contribution < -0.4 is 5.32 Å². The third kappa shape index (κ3) is 4.86. The Kier molecular flexibility index (Phi) is 5.29. The molecule has 4 heteroatoms. The first-order valence-corrected chi connectivity index (χ1v) is 6.78. The summed E-state index contributed by atoms with van der Waals surface area (Å²) in [4.78, 5) is 0. The normalized spacial score (nSPS) is 13.5. The quantitative estimate of drug-likeness (QED) is 0.847. The van der Waals surface area contributed by atoms with Crippen molar-refractivity contribution in [3.05, 3.63) is 27.7 Å². The molecule has 1 aromatic rings. The van der Waals surface area contributed by atoms with Gasteiger partial charge in [-0.2, -0.15) is 0 Å². The molecule has 0 aliphatic heterocycles. The van der Waals surface area contributed by atoms with Gasteiger partial charge in [-0.3, -0.25) is 0 Å². The fourth-order valence-corrected chi connectivity index (χ4v) is 2.17. The summed E-state index contributed by atoms with van der Waals surface area (Å²) in [6.07, 6.45) is 0.928. The number of methoxy groups -OCH3 is 1. The van der Waals surface area contributed by atoms with Gasteiger partial charge in [0.2, 0.25) is 0 Å². The smallest absolute Gasteiger partial charge is 0.0642 e. The average Bonchev–Trinajstić information content (AvgIpc) is 2.23. The van der Waals surface area contributed by atoms with Crippen LogP contribution >= 0.6 is 27.5 Å². The summed E-state index contributed by atoms with van der Waals surface area (Å²) in [6.45, 7) is 6.30. The van der Waals surface area contributed by atoms with Gasteiger partial charge >= 0.3 is 0 Å². The van der Waals surface area contributed by atoms with Crippen molar-refractivity contribution in [1.29, 1.82) is 0 Å². The first kappa shape index (κ1) is 14.8. The third-order valence-corrected chi connectivity index (χ3v) is 3.92. The van der Waals surface area contributed by atoms with E-state index in [1.54, 1.807) is 7.11 Å². The lowest BCUT2D eigenvalue weighted by molar-refractivity contribution is 0.0128. The average molecular weight is 321 g/mol. The molecule has 1 atom stereocenters. The zero-order valence-electron chi connectivity index (χ0n) is 10.7. The van der Waals surface area contributed by atoms with Crippen molar-refractivity contribution in [2.75, 3.05) is 12.4 Å². The molecule has 0 spiro atoms. The Bertz CT molecular complexity index is 382. The van der Waals surface area contributed by atoms with Crippen molar-refractivity contribution in [1.82, 2.24) is 0 Å². The highest BCUT2D eigenvalue weighted by molar-refractivity contribution is 9.10. The molecule has 0 saturated heterocycles. The van der Waals surface area contributed by atoms with Gasteiger partial charge in [0.15, 0.2) is 0 Å². The minimum absolute atomic E-state index is 0.119. The summed E-state index contributed by atoms with van der Waals surface area (Å²) in [5.41, 5.74) is 0.906. The Morgan fingerprint density at radius 1 is 1.47 bits per heavy atom. The van der Waals surface area contributed by atoms with E-state index in [2.05, 4.69) is 42.0 Å². The summed E-state index contributed by atoms with van der Waals surface area (Å²) in [6, 6.07) is 6.19. The number of ether oxygens (including phenoxy) is 1. The van der Waals surface area contributed by atoms with E-state index in [1.165, 1.54) is 0 Å². The predicted molar refractivity (Wildman–Crippen MR) is 77.9 cm³/mol. The molecule has 1 N–H and O–H groups in total. The van der Waals surface area contributed by atoms with Gasteiger partial charge in [-0.25, -0.2) is 0 Å². The molecule has 1 aromatic carbocycles. The fraction of sp³-hybridized carbons (Fsp3) is 0.538. The van der Waals surface area contributed by atoms with E-state index in [0.29, 0.717) is 11.1 Å². The summed E-state index contributed by atoms with van der Waals surface area (Å²) in [7, 11) is 1.74. The van der Waals surface area contributed by atoms with Gasteiger partial charge in [0.25, 0.3) is 0 Å². The highest BCUT2D eigenvalue weighted by Gasteiger charge is 2.20. The molecule has 0 amide bonds. The standard InChI is InChI=1S/C13H19BrClNO/c1-9(8-13(2,3)17-4)16-10-5-6-11(14)12(15)7-10/h5-7,9,16H,8H2,1-4H3. The lowest BCUT2D eigenvalue weighted by atomic mass is 10.00. The molecule has 1 unspecified atom stereocenters. The van der Waals surface area contributed by atoms with E-state index in [-0.39, 0.29) is 5.60 Å². The number of anilines is 1. The van der Waals surface area contributed by atoms with Crippen LogP contribution in [-0.2, 0) is 4.74 Å². The van der Waals surface area contributed by atoms with E-state index in [9.17, 15) is 0 Å². The number of nitrogens with one attached hydrogen (secondary N) is 1. The predicted octanol–water partition coefficient (Wildman–Crippen LogP) is 4.72. The van der Waals surface area contributed by atoms with Gasteiger partial charge in [-0.15, -0.1) is 0 Å². The zero-order valence-corrected chi connectivity index (χ0v) is 13.0. The lowest BCUT2D eigenvalue weighted by Crippen LogP contribution is -2.31. The first-order chi connectivity index (χ1) is 7.84. The second kappa shape index (κ2) is 6.07. The number of hydrogen-bond donors (Lipinski definition) is 1. The molecule has 0 bridgehead atoms. The van der Waals surface area contributed by atoms with Crippen LogP contribution in [0.1, 0.15) is 27.2 Å². The molecule has 0 fully saturated rings. The molecule has 96 valence electrons. The van der Waals surface area contributed by atoms with E-state index in [4.69, 9.17) is 16.3 Å². The zero-order chi connectivity index (χ0) is 13.1. The Labute approximate surface area is 117 Å². The van der Waals surface area contributed by atoms with Crippen LogP contribution in [0.3, 0.4) is 0 Å². The largest absolute Gasteiger partial charge is 0.382 e. The summed E-state index contributed by atoms with van der Waals surface area (Å²) in [5.74, 6) is 0. The Balaban J connectivity index is 2.62. The van der Waals surface area contributed by atoms with E-state index in [0.717, 1.165) is 16.6 Å². The Morgan fingerprint density at radius 3 is 2.65 bits per heavy atom. The van der Waals surface area contributed by atoms with Crippen LogP contribution in [0.4, 0.5) is 5.69 Å². The number of halogens is 2. The molecule has 0 saturated carbocycles. The van der Waals surface area contributed by atoms with Crippen molar-refractivity contribution in [3.8, 4) is 0 Å². The third-order valence-electron chi connectivity index (χ3n) is 2.68. The van der Waals surface area contributed by atoms with E-state index in [1.807, 2.05) is 18.2 Å². The molecular weight excluding hydrogens is 302 g/mol. The van der Waals surface area contributed by atoms with Crippen molar-refractivity contribution in [3.63, 3.8) is 0 Å². The van der Waals surface area contributed by atoms with Gasteiger partial charge in [-0.05, 0) is 61.3 Å². The van der Waals surface area contributed by atoms with Crippen LogP contribution in [0.15, 0.2) is 22.7 Å². The number of benzene rings is 1. The van der Waals surface area contributed by atoms with Crippen molar-refractivity contribution < 1.29 is 4.74 Å². The van der Waals surface area contributed by atoms with Gasteiger partial charge in [0.1, 0.15) is 0 Å². The monoisotopic (exact) mass is 319 g/mol. The Morgan fingerprint density at radius 2 is 2.12 bits per heavy atom. The van der Waals surface area contributed by atoms with Crippen molar-refractivity contribution >= 4 is 33.2 Å². The van der Waals surface area contributed by atoms with Gasteiger partial charge in [-0.1, -0.05) is 11.6 Å². The van der Waals surface area contributed by atoms with Gasteiger partial charge in [0.05, 0.1) is 10.6 Å². The van der Waals surface area contributed by atoms with Crippen molar-refractivity contribution in [2.24, 2.45) is 0 Å². The second-order valence-corrected chi connectivity index (χ2v) is 6.10. The maximum atomic E-state index is 6.05. The minimum Gasteiger partial charge on any atom is -0.382 e. The molecule has 2 nitrogen and oxygen atoms in total. The molecular formula is C13H19BrClNO. The molecule has 0 heterocycles. The lowest BCUT2D eigenvalue weighted by Gasteiger charge is -2.27. The SMILES string of the molecule is COC(C)(C)CC(C)Nc1ccc(Br)c(Cl)c1. The number of hydrogen-bond acceptors (Lipinski definition) is 2. The summed E-state index contributed by atoms with van der Waals surface area (Å²) >= 11 is 9.42. The molecule has 0 aromatic heterocycles. The molecule has 17 heavy (non-hydrogen) atoms. The van der Waals surface area contributed by atoms with Gasteiger partial charge in [0, 0.05) is 23.3 Å². The maximum absolute atomic E-state index is 6.05. The fourth-order valence-electron chi connectivity index (χ4n) is 1.74. The highest BCUT2D eigenvalue weighted by Crippen LogP contribution is 2.26.